The first-order valence-electron chi connectivity index (χ1n) is 10.4. The van der Waals surface area contributed by atoms with Gasteiger partial charge in [0.2, 0.25) is 5.91 Å². The molecule has 1 saturated heterocycles. The first kappa shape index (κ1) is 21.0. The van der Waals surface area contributed by atoms with Crippen molar-refractivity contribution in [2.24, 2.45) is 10.9 Å². The second-order valence-corrected chi connectivity index (χ2v) is 9.15. The molecule has 1 aliphatic heterocycles. The average Bonchev–Trinajstić information content (AvgIpc) is 3.36. The summed E-state index contributed by atoms with van der Waals surface area (Å²) in [5.74, 6) is 1.40. The van der Waals surface area contributed by atoms with Crippen molar-refractivity contribution in [3.05, 3.63) is 34.9 Å². The lowest BCUT2D eigenvalue weighted by Gasteiger charge is -2.28. The van der Waals surface area contributed by atoms with E-state index in [0.29, 0.717) is 5.91 Å². The lowest BCUT2D eigenvalue weighted by atomic mass is 9.84. The Labute approximate surface area is 173 Å². The summed E-state index contributed by atoms with van der Waals surface area (Å²) in [4.78, 5) is 19.0. The van der Waals surface area contributed by atoms with E-state index in [9.17, 15) is 4.79 Å². The standard InChI is InChI=1S/C22H33ClN4O/c1-22(2,17-9-6-10-18(23)13-17)15-25-21(24-3)26-19-11-12-27(14-19)20(28)16-7-4-5-8-16/h6,9-10,13,16,19H,4-5,7-8,11-12,14-15H2,1-3H3,(H2,24,25,26). The van der Waals surface area contributed by atoms with Crippen molar-refractivity contribution in [3.63, 3.8) is 0 Å². The molecule has 6 heteroatoms. The predicted molar refractivity (Wildman–Crippen MR) is 116 cm³/mol. The molecule has 1 saturated carbocycles. The Bertz CT molecular complexity index is 712. The first-order chi connectivity index (χ1) is 13.4. The molecule has 1 atom stereocenters. The number of benzene rings is 1. The van der Waals surface area contributed by atoms with E-state index >= 15 is 0 Å². The zero-order chi connectivity index (χ0) is 20.1. The van der Waals surface area contributed by atoms with Crippen molar-refractivity contribution in [1.29, 1.82) is 0 Å². The second-order valence-electron chi connectivity index (χ2n) is 8.72. The van der Waals surface area contributed by atoms with Crippen molar-refractivity contribution in [3.8, 4) is 0 Å². The van der Waals surface area contributed by atoms with Gasteiger partial charge < -0.3 is 15.5 Å². The van der Waals surface area contributed by atoms with Gasteiger partial charge >= 0.3 is 0 Å². The van der Waals surface area contributed by atoms with Crippen LogP contribution >= 0.6 is 11.6 Å². The van der Waals surface area contributed by atoms with Gasteiger partial charge in [0.1, 0.15) is 0 Å². The highest BCUT2D eigenvalue weighted by Gasteiger charge is 2.32. The summed E-state index contributed by atoms with van der Waals surface area (Å²) in [7, 11) is 1.79. The van der Waals surface area contributed by atoms with E-state index in [4.69, 9.17) is 11.6 Å². The van der Waals surface area contributed by atoms with Crippen LogP contribution in [0.25, 0.3) is 0 Å². The predicted octanol–water partition coefficient (Wildman–Crippen LogP) is 3.57. The Morgan fingerprint density at radius 3 is 2.71 bits per heavy atom. The molecule has 5 nitrogen and oxygen atoms in total. The highest BCUT2D eigenvalue weighted by atomic mass is 35.5. The molecule has 1 amide bonds. The van der Waals surface area contributed by atoms with E-state index in [0.717, 1.165) is 49.9 Å². The van der Waals surface area contributed by atoms with Crippen LogP contribution in [0.4, 0.5) is 0 Å². The number of carbonyl (C=O) groups excluding carboxylic acids is 1. The van der Waals surface area contributed by atoms with Crippen LogP contribution in [-0.4, -0.2) is 49.5 Å². The topological polar surface area (TPSA) is 56.7 Å². The number of rotatable bonds is 5. The fourth-order valence-electron chi connectivity index (χ4n) is 4.21. The molecule has 1 aromatic carbocycles. The molecule has 0 bridgehead atoms. The molecule has 0 radical (unpaired) electrons. The van der Waals surface area contributed by atoms with Crippen LogP contribution in [0.5, 0.6) is 0 Å². The Kier molecular flexibility index (Phi) is 6.86. The summed E-state index contributed by atoms with van der Waals surface area (Å²) in [6.07, 6.45) is 5.50. The Morgan fingerprint density at radius 1 is 1.29 bits per heavy atom. The van der Waals surface area contributed by atoms with Gasteiger partial charge in [0.15, 0.2) is 5.96 Å². The summed E-state index contributed by atoms with van der Waals surface area (Å²) in [6, 6.07) is 8.26. The molecular weight excluding hydrogens is 372 g/mol. The quantitative estimate of drug-likeness (QED) is 0.582. The Balaban J connectivity index is 1.50. The molecule has 2 aliphatic rings. The fourth-order valence-corrected chi connectivity index (χ4v) is 4.40. The SMILES string of the molecule is CN=C(NCC(C)(C)c1cccc(Cl)c1)NC1CCN(C(=O)C2CCCC2)C1. The van der Waals surface area contributed by atoms with Gasteiger partial charge in [-0.05, 0) is 37.0 Å². The highest BCUT2D eigenvalue weighted by Crippen LogP contribution is 2.28. The smallest absolute Gasteiger partial charge is 0.225 e. The van der Waals surface area contributed by atoms with Crippen LogP contribution in [0.3, 0.4) is 0 Å². The molecule has 1 unspecified atom stereocenters. The van der Waals surface area contributed by atoms with Crippen LogP contribution < -0.4 is 10.6 Å². The third kappa shape index (κ3) is 5.19. The summed E-state index contributed by atoms with van der Waals surface area (Å²) in [5, 5.41) is 7.70. The van der Waals surface area contributed by atoms with E-state index < -0.39 is 0 Å². The maximum atomic E-state index is 12.6. The number of carbonyl (C=O) groups is 1. The largest absolute Gasteiger partial charge is 0.356 e. The summed E-state index contributed by atoms with van der Waals surface area (Å²) >= 11 is 6.15. The van der Waals surface area contributed by atoms with E-state index in [-0.39, 0.29) is 17.4 Å². The number of guanidine groups is 1. The number of hydrogen-bond donors (Lipinski definition) is 2. The van der Waals surface area contributed by atoms with Crippen molar-refractivity contribution in [1.82, 2.24) is 15.5 Å². The highest BCUT2D eigenvalue weighted by molar-refractivity contribution is 6.30. The summed E-state index contributed by atoms with van der Waals surface area (Å²) in [5.41, 5.74) is 1.11. The number of nitrogens with one attached hydrogen (secondary N) is 2. The molecule has 154 valence electrons. The maximum Gasteiger partial charge on any atom is 0.225 e. The number of hydrogen-bond acceptors (Lipinski definition) is 2. The minimum Gasteiger partial charge on any atom is -0.356 e. The molecule has 1 heterocycles. The summed E-state index contributed by atoms with van der Waals surface area (Å²) < 4.78 is 0. The van der Waals surface area contributed by atoms with Gasteiger partial charge in [0.05, 0.1) is 0 Å². The summed E-state index contributed by atoms with van der Waals surface area (Å²) in [6.45, 7) is 6.74. The van der Waals surface area contributed by atoms with Crippen LogP contribution in [0.15, 0.2) is 29.3 Å². The minimum atomic E-state index is -0.0807. The normalized spacial score (nSPS) is 21.2. The molecule has 3 rings (SSSR count). The molecule has 0 aromatic heterocycles. The Hall–Kier alpha value is -1.75. The first-order valence-corrected chi connectivity index (χ1v) is 10.8. The van der Waals surface area contributed by atoms with Gasteiger partial charge in [-0.25, -0.2) is 0 Å². The zero-order valence-electron chi connectivity index (χ0n) is 17.3. The number of nitrogens with zero attached hydrogens (tertiary/aromatic N) is 2. The lowest BCUT2D eigenvalue weighted by Crippen LogP contribution is -2.48. The maximum absolute atomic E-state index is 12.6. The van der Waals surface area contributed by atoms with E-state index in [1.165, 1.54) is 18.4 Å². The van der Waals surface area contributed by atoms with Gasteiger partial charge in [0.25, 0.3) is 0 Å². The molecule has 1 aliphatic carbocycles. The van der Waals surface area contributed by atoms with Crippen molar-refractivity contribution in [2.45, 2.75) is 57.4 Å². The van der Waals surface area contributed by atoms with E-state index in [1.807, 2.05) is 23.1 Å². The number of likely N-dealkylation sites (tertiary alicyclic amines) is 1. The number of amides is 1. The van der Waals surface area contributed by atoms with Gasteiger partial charge in [-0.2, -0.15) is 0 Å². The van der Waals surface area contributed by atoms with Gasteiger partial charge in [0, 0.05) is 49.1 Å². The van der Waals surface area contributed by atoms with Gasteiger partial charge in [-0.1, -0.05) is 50.4 Å². The molecule has 1 aromatic rings. The number of halogens is 1. The van der Waals surface area contributed by atoms with Crippen molar-refractivity contribution >= 4 is 23.5 Å². The Morgan fingerprint density at radius 2 is 2.04 bits per heavy atom. The average molecular weight is 405 g/mol. The van der Waals surface area contributed by atoms with Crippen molar-refractivity contribution in [2.75, 3.05) is 26.7 Å². The molecule has 2 fully saturated rings. The third-order valence-electron chi connectivity index (χ3n) is 6.07. The van der Waals surface area contributed by atoms with E-state index in [2.05, 4.69) is 35.5 Å². The van der Waals surface area contributed by atoms with Crippen molar-refractivity contribution < 1.29 is 4.79 Å². The zero-order valence-corrected chi connectivity index (χ0v) is 18.1. The van der Waals surface area contributed by atoms with Crippen LogP contribution in [0, 0.1) is 5.92 Å². The monoisotopic (exact) mass is 404 g/mol. The van der Waals surface area contributed by atoms with Gasteiger partial charge in [-0.3, -0.25) is 9.79 Å². The van der Waals surface area contributed by atoms with Gasteiger partial charge in [-0.15, -0.1) is 0 Å². The van der Waals surface area contributed by atoms with E-state index in [1.54, 1.807) is 7.05 Å². The second kappa shape index (κ2) is 9.17. The third-order valence-corrected chi connectivity index (χ3v) is 6.31. The number of aliphatic imine (C=N–C) groups is 1. The molecular formula is C22H33ClN4O. The molecule has 2 N–H and O–H groups in total. The van der Waals surface area contributed by atoms with Crippen LogP contribution in [0.2, 0.25) is 5.02 Å². The van der Waals surface area contributed by atoms with Crippen LogP contribution in [0.1, 0.15) is 51.5 Å². The van der Waals surface area contributed by atoms with Crippen LogP contribution in [-0.2, 0) is 10.2 Å². The fraction of sp³-hybridized carbons (Fsp3) is 0.636. The molecule has 0 spiro atoms. The molecule has 28 heavy (non-hydrogen) atoms. The minimum absolute atomic E-state index is 0.0807. The lowest BCUT2D eigenvalue weighted by molar-refractivity contribution is -0.134.